The lowest BCUT2D eigenvalue weighted by Gasteiger charge is -2.08. The van der Waals surface area contributed by atoms with Gasteiger partial charge in [0.2, 0.25) is 10.0 Å². The van der Waals surface area contributed by atoms with E-state index in [1.54, 1.807) is 0 Å². The van der Waals surface area contributed by atoms with E-state index in [0.717, 1.165) is 17.7 Å². The van der Waals surface area contributed by atoms with E-state index in [0.29, 0.717) is 0 Å². The van der Waals surface area contributed by atoms with Crippen molar-refractivity contribution in [1.29, 1.82) is 0 Å². The lowest BCUT2D eigenvalue weighted by Crippen LogP contribution is -2.24. The Morgan fingerprint density at radius 1 is 1.33 bits per heavy atom. The van der Waals surface area contributed by atoms with Crippen LogP contribution >= 0.6 is 11.3 Å². The van der Waals surface area contributed by atoms with Gasteiger partial charge in [0.15, 0.2) is 0 Å². The Kier molecular flexibility index (Phi) is 3.65. The van der Waals surface area contributed by atoms with Crippen LogP contribution in [0.4, 0.5) is 10.1 Å². The van der Waals surface area contributed by atoms with Crippen LogP contribution in [0.2, 0.25) is 0 Å². The number of nitrogen functional groups attached to an aromatic ring is 1. The molecule has 0 aliphatic heterocycles. The van der Waals surface area contributed by atoms with Gasteiger partial charge >= 0.3 is 0 Å². The smallest absolute Gasteiger partial charge is 0.243 e. The highest BCUT2D eigenvalue weighted by Crippen LogP contribution is 2.19. The van der Waals surface area contributed by atoms with Crippen molar-refractivity contribution in [3.05, 3.63) is 46.4 Å². The summed E-state index contributed by atoms with van der Waals surface area (Å²) in [5, 5.41) is 3.68. The molecule has 96 valence electrons. The molecule has 0 aliphatic rings. The quantitative estimate of drug-likeness (QED) is 0.844. The van der Waals surface area contributed by atoms with Gasteiger partial charge < -0.3 is 5.73 Å². The molecule has 1 aromatic heterocycles. The van der Waals surface area contributed by atoms with Crippen LogP contribution < -0.4 is 10.5 Å². The minimum absolute atomic E-state index is 0.0224. The van der Waals surface area contributed by atoms with Gasteiger partial charge in [0.25, 0.3) is 0 Å². The summed E-state index contributed by atoms with van der Waals surface area (Å²) in [6.45, 7) is 0.155. The zero-order valence-electron chi connectivity index (χ0n) is 9.26. The largest absolute Gasteiger partial charge is 0.398 e. The molecular weight excluding hydrogens is 275 g/mol. The molecule has 0 unspecified atom stereocenters. The van der Waals surface area contributed by atoms with Crippen LogP contribution in [0.3, 0.4) is 0 Å². The van der Waals surface area contributed by atoms with E-state index in [4.69, 9.17) is 5.73 Å². The molecule has 0 radical (unpaired) electrons. The summed E-state index contributed by atoms with van der Waals surface area (Å²) < 4.78 is 39.3. The van der Waals surface area contributed by atoms with Gasteiger partial charge in [-0.2, -0.15) is 11.3 Å². The molecule has 7 heteroatoms. The molecule has 2 rings (SSSR count). The van der Waals surface area contributed by atoms with E-state index in [9.17, 15) is 12.8 Å². The summed E-state index contributed by atoms with van der Waals surface area (Å²) in [7, 11) is -3.80. The van der Waals surface area contributed by atoms with Crippen LogP contribution in [-0.2, 0) is 16.6 Å². The van der Waals surface area contributed by atoms with Crippen LogP contribution in [0, 0.1) is 5.82 Å². The maximum Gasteiger partial charge on any atom is 0.243 e. The van der Waals surface area contributed by atoms with Crippen molar-refractivity contribution in [1.82, 2.24) is 4.72 Å². The Labute approximate surface area is 108 Å². The van der Waals surface area contributed by atoms with Crippen molar-refractivity contribution >= 4 is 27.0 Å². The molecular formula is C11H11FN2O2S2. The maximum absolute atomic E-state index is 13.0. The van der Waals surface area contributed by atoms with E-state index in [1.807, 2.05) is 16.8 Å². The van der Waals surface area contributed by atoms with Gasteiger partial charge in [-0.05, 0) is 40.6 Å². The van der Waals surface area contributed by atoms with E-state index < -0.39 is 15.8 Å². The molecule has 0 bridgehead atoms. The predicted molar refractivity (Wildman–Crippen MR) is 69.2 cm³/mol. The van der Waals surface area contributed by atoms with E-state index in [-0.39, 0.29) is 17.1 Å². The summed E-state index contributed by atoms with van der Waals surface area (Å²) in [4.78, 5) is -0.238. The highest BCUT2D eigenvalue weighted by Gasteiger charge is 2.17. The first kappa shape index (κ1) is 13.0. The number of nitrogens with one attached hydrogen (secondary N) is 1. The summed E-state index contributed by atoms with van der Waals surface area (Å²) in [6, 6.07) is 5.06. The van der Waals surface area contributed by atoms with Crippen LogP contribution in [0.15, 0.2) is 39.9 Å². The van der Waals surface area contributed by atoms with Crippen LogP contribution in [0.1, 0.15) is 5.56 Å². The highest BCUT2D eigenvalue weighted by atomic mass is 32.2. The molecule has 2 aromatic rings. The third kappa shape index (κ3) is 2.87. The van der Waals surface area contributed by atoms with Gasteiger partial charge in [-0.15, -0.1) is 0 Å². The second kappa shape index (κ2) is 5.05. The minimum atomic E-state index is -3.80. The van der Waals surface area contributed by atoms with Gasteiger partial charge in [0.05, 0.1) is 5.69 Å². The van der Waals surface area contributed by atoms with Crippen molar-refractivity contribution in [3.63, 3.8) is 0 Å². The zero-order chi connectivity index (χ0) is 13.2. The molecule has 4 nitrogen and oxygen atoms in total. The first-order chi connectivity index (χ1) is 8.49. The summed E-state index contributed by atoms with van der Waals surface area (Å²) >= 11 is 1.47. The molecule has 1 heterocycles. The Bertz CT molecular complexity index is 639. The SMILES string of the molecule is Nc1ccc(F)cc1S(=O)(=O)NCc1ccsc1. The average molecular weight is 286 g/mol. The van der Waals surface area contributed by atoms with Crippen molar-refractivity contribution in [2.75, 3.05) is 5.73 Å². The number of thiophene rings is 1. The normalized spacial score (nSPS) is 11.6. The third-order valence-corrected chi connectivity index (χ3v) is 4.50. The van der Waals surface area contributed by atoms with E-state index in [2.05, 4.69) is 4.72 Å². The number of benzene rings is 1. The Hall–Kier alpha value is -1.44. The van der Waals surface area contributed by atoms with Crippen LogP contribution in [0.5, 0.6) is 0 Å². The first-order valence-electron chi connectivity index (χ1n) is 5.05. The number of hydrogen-bond acceptors (Lipinski definition) is 4. The number of anilines is 1. The zero-order valence-corrected chi connectivity index (χ0v) is 10.9. The summed E-state index contributed by atoms with van der Waals surface area (Å²) in [5.74, 6) is -0.639. The van der Waals surface area contributed by atoms with Crippen molar-refractivity contribution in [3.8, 4) is 0 Å². The molecule has 1 aromatic carbocycles. The number of halogens is 1. The molecule has 0 atom stereocenters. The van der Waals surface area contributed by atoms with Gasteiger partial charge in [0.1, 0.15) is 10.7 Å². The van der Waals surface area contributed by atoms with Gasteiger partial charge in [0, 0.05) is 6.54 Å². The summed E-state index contributed by atoms with van der Waals surface area (Å²) in [6.07, 6.45) is 0. The number of nitrogens with two attached hydrogens (primary N) is 1. The lowest BCUT2D eigenvalue weighted by molar-refractivity contribution is 0.578. The minimum Gasteiger partial charge on any atom is -0.398 e. The van der Waals surface area contributed by atoms with Crippen molar-refractivity contribution in [2.45, 2.75) is 11.4 Å². The van der Waals surface area contributed by atoms with Crippen molar-refractivity contribution in [2.24, 2.45) is 0 Å². The Morgan fingerprint density at radius 3 is 2.78 bits per heavy atom. The first-order valence-corrected chi connectivity index (χ1v) is 7.47. The molecule has 18 heavy (non-hydrogen) atoms. The third-order valence-electron chi connectivity index (χ3n) is 2.31. The van der Waals surface area contributed by atoms with Gasteiger partial charge in [-0.1, -0.05) is 0 Å². The molecule has 0 saturated heterocycles. The van der Waals surface area contributed by atoms with E-state index >= 15 is 0 Å². The van der Waals surface area contributed by atoms with Gasteiger partial charge in [-0.3, -0.25) is 0 Å². The second-order valence-electron chi connectivity index (χ2n) is 3.64. The Morgan fingerprint density at radius 2 is 2.11 bits per heavy atom. The topological polar surface area (TPSA) is 72.2 Å². The predicted octanol–water partition coefficient (Wildman–Crippen LogP) is 1.95. The standard InChI is InChI=1S/C11H11FN2O2S2/c12-9-1-2-10(13)11(5-9)18(15,16)14-6-8-3-4-17-7-8/h1-5,7,14H,6,13H2. The number of sulfonamides is 1. The second-order valence-corrected chi connectivity index (χ2v) is 6.15. The number of hydrogen-bond donors (Lipinski definition) is 2. The summed E-state index contributed by atoms with van der Waals surface area (Å²) in [5.41, 5.74) is 6.41. The van der Waals surface area contributed by atoms with E-state index in [1.165, 1.54) is 17.4 Å². The average Bonchev–Trinajstić information content (AvgIpc) is 2.83. The monoisotopic (exact) mass is 286 g/mol. The molecule has 0 spiro atoms. The fourth-order valence-corrected chi connectivity index (χ4v) is 3.22. The maximum atomic E-state index is 13.0. The molecule has 0 fully saturated rings. The Balaban J connectivity index is 2.22. The van der Waals surface area contributed by atoms with Crippen LogP contribution in [-0.4, -0.2) is 8.42 Å². The number of rotatable bonds is 4. The lowest BCUT2D eigenvalue weighted by atomic mass is 10.3. The molecule has 0 amide bonds. The molecule has 3 N–H and O–H groups in total. The van der Waals surface area contributed by atoms with Gasteiger partial charge in [-0.25, -0.2) is 17.5 Å². The van der Waals surface area contributed by atoms with Crippen LogP contribution in [0.25, 0.3) is 0 Å². The fourth-order valence-electron chi connectivity index (χ4n) is 1.39. The fraction of sp³-hybridized carbons (Fsp3) is 0.0909. The van der Waals surface area contributed by atoms with Crippen molar-refractivity contribution < 1.29 is 12.8 Å². The molecule has 0 aliphatic carbocycles. The molecule has 0 saturated carbocycles. The highest BCUT2D eigenvalue weighted by molar-refractivity contribution is 7.89.